The maximum Gasteiger partial charge on any atom is 0.322 e. The highest BCUT2D eigenvalue weighted by Gasteiger charge is 2.14. The first-order valence-electron chi connectivity index (χ1n) is 6.58. The van der Waals surface area contributed by atoms with E-state index in [1.807, 2.05) is 34.7 Å². The molecule has 2 rings (SSSR count). The van der Waals surface area contributed by atoms with Gasteiger partial charge in [0, 0.05) is 0 Å². The SMILES string of the molecule is COC(=O)C(N)Cc1ccc(Oc2ccc(O)c(I)c2)cc1. The molecule has 0 radical (unpaired) electrons. The Hall–Kier alpha value is -1.80. The standard InChI is InChI=1S/C16H16INO4/c1-21-16(20)14(18)8-10-2-4-11(5-3-10)22-12-6-7-15(19)13(17)9-12/h2-7,9,14,19H,8,18H2,1H3. The number of rotatable bonds is 5. The van der Waals surface area contributed by atoms with Crippen molar-refractivity contribution < 1.29 is 19.4 Å². The van der Waals surface area contributed by atoms with E-state index in [0.717, 1.165) is 9.13 Å². The molecule has 1 atom stereocenters. The molecular weight excluding hydrogens is 397 g/mol. The average Bonchev–Trinajstić information content (AvgIpc) is 2.52. The fraction of sp³-hybridized carbons (Fsp3) is 0.188. The Kier molecular flexibility index (Phi) is 5.62. The van der Waals surface area contributed by atoms with Crippen molar-refractivity contribution in [2.24, 2.45) is 5.73 Å². The third kappa shape index (κ3) is 4.35. The van der Waals surface area contributed by atoms with Gasteiger partial charge in [-0.05, 0) is 64.9 Å². The van der Waals surface area contributed by atoms with Gasteiger partial charge in [-0.15, -0.1) is 0 Å². The van der Waals surface area contributed by atoms with Crippen LogP contribution in [0.25, 0.3) is 0 Å². The van der Waals surface area contributed by atoms with Gasteiger partial charge in [0.15, 0.2) is 0 Å². The molecule has 0 heterocycles. The number of ether oxygens (including phenoxy) is 2. The minimum atomic E-state index is -0.671. The zero-order valence-electron chi connectivity index (χ0n) is 12.0. The van der Waals surface area contributed by atoms with Crippen molar-refractivity contribution in [3.05, 3.63) is 51.6 Å². The summed E-state index contributed by atoms with van der Waals surface area (Å²) < 4.78 is 11.0. The highest BCUT2D eigenvalue weighted by atomic mass is 127. The van der Waals surface area contributed by atoms with Gasteiger partial charge in [0.2, 0.25) is 0 Å². The highest BCUT2D eigenvalue weighted by Crippen LogP contribution is 2.28. The lowest BCUT2D eigenvalue weighted by Gasteiger charge is -2.10. The number of methoxy groups -OCH3 is 1. The molecule has 6 heteroatoms. The summed E-state index contributed by atoms with van der Waals surface area (Å²) in [6.45, 7) is 0. The minimum absolute atomic E-state index is 0.222. The smallest absolute Gasteiger partial charge is 0.322 e. The summed E-state index contributed by atoms with van der Waals surface area (Å²) in [6.07, 6.45) is 0.407. The summed E-state index contributed by atoms with van der Waals surface area (Å²) in [7, 11) is 1.32. The normalized spacial score (nSPS) is 11.8. The molecule has 0 aromatic heterocycles. The molecule has 0 aliphatic heterocycles. The van der Waals surface area contributed by atoms with Gasteiger partial charge in [0.25, 0.3) is 0 Å². The number of carbonyl (C=O) groups is 1. The van der Waals surface area contributed by atoms with E-state index in [0.29, 0.717) is 17.9 Å². The monoisotopic (exact) mass is 413 g/mol. The van der Waals surface area contributed by atoms with Crippen molar-refractivity contribution >= 4 is 28.6 Å². The molecule has 0 spiro atoms. The van der Waals surface area contributed by atoms with Crippen LogP contribution in [0.15, 0.2) is 42.5 Å². The van der Waals surface area contributed by atoms with E-state index in [4.69, 9.17) is 10.5 Å². The predicted molar refractivity (Wildman–Crippen MR) is 91.0 cm³/mol. The summed E-state index contributed by atoms with van der Waals surface area (Å²) in [5.74, 6) is 1.09. The Bertz CT molecular complexity index is 658. The number of aromatic hydroxyl groups is 1. The van der Waals surface area contributed by atoms with Crippen LogP contribution in [0.5, 0.6) is 17.2 Å². The van der Waals surface area contributed by atoms with Crippen molar-refractivity contribution in [3.8, 4) is 17.2 Å². The second-order valence-electron chi connectivity index (χ2n) is 4.69. The summed E-state index contributed by atoms with van der Waals surface area (Å²) in [5, 5.41) is 9.48. The fourth-order valence-corrected chi connectivity index (χ4v) is 2.36. The number of nitrogens with two attached hydrogens (primary N) is 1. The van der Waals surface area contributed by atoms with Crippen molar-refractivity contribution in [2.45, 2.75) is 12.5 Å². The molecule has 2 aromatic carbocycles. The number of hydrogen-bond donors (Lipinski definition) is 2. The van der Waals surface area contributed by atoms with Crippen molar-refractivity contribution in [1.29, 1.82) is 0 Å². The first-order chi connectivity index (χ1) is 10.5. The van der Waals surface area contributed by atoms with Gasteiger partial charge in [0.05, 0.1) is 10.7 Å². The van der Waals surface area contributed by atoms with Gasteiger partial charge in [-0.2, -0.15) is 0 Å². The number of halogens is 1. The molecule has 22 heavy (non-hydrogen) atoms. The largest absolute Gasteiger partial charge is 0.507 e. The van der Waals surface area contributed by atoms with Crippen LogP contribution in [0.1, 0.15) is 5.56 Å². The van der Waals surface area contributed by atoms with Crippen LogP contribution in [0, 0.1) is 3.57 Å². The number of benzene rings is 2. The summed E-state index contributed by atoms with van der Waals surface area (Å²) in [4.78, 5) is 11.3. The Labute approximate surface area is 142 Å². The van der Waals surface area contributed by atoms with Crippen LogP contribution in [-0.2, 0) is 16.0 Å². The van der Waals surface area contributed by atoms with Crippen molar-refractivity contribution in [3.63, 3.8) is 0 Å². The molecule has 116 valence electrons. The van der Waals surface area contributed by atoms with Gasteiger partial charge in [-0.3, -0.25) is 4.79 Å². The summed E-state index contributed by atoms with van der Waals surface area (Å²) in [5.41, 5.74) is 6.64. The second kappa shape index (κ2) is 7.46. The Morgan fingerprint density at radius 2 is 1.86 bits per heavy atom. The lowest BCUT2D eigenvalue weighted by Crippen LogP contribution is -2.33. The van der Waals surface area contributed by atoms with Crippen LogP contribution in [0.4, 0.5) is 0 Å². The fourth-order valence-electron chi connectivity index (χ4n) is 1.87. The van der Waals surface area contributed by atoms with Crippen LogP contribution in [0.2, 0.25) is 0 Å². The molecule has 0 aliphatic carbocycles. The van der Waals surface area contributed by atoms with Crippen molar-refractivity contribution in [2.75, 3.05) is 7.11 Å². The molecule has 3 N–H and O–H groups in total. The third-order valence-electron chi connectivity index (χ3n) is 3.04. The zero-order valence-corrected chi connectivity index (χ0v) is 14.1. The first-order valence-corrected chi connectivity index (χ1v) is 7.66. The lowest BCUT2D eigenvalue weighted by atomic mass is 10.1. The maximum absolute atomic E-state index is 11.3. The van der Waals surface area contributed by atoms with E-state index in [2.05, 4.69) is 4.74 Å². The zero-order chi connectivity index (χ0) is 16.1. The van der Waals surface area contributed by atoms with E-state index >= 15 is 0 Å². The van der Waals surface area contributed by atoms with Crippen LogP contribution in [-0.4, -0.2) is 24.2 Å². The number of phenols is 1. The lowest BCUT2D eigenvalue weighted by molar-refractivity contribution is -0.142. The Morgan fingerprint density at radius 3 is 2.45 bits per heavy atom. The molecule has 0 amide bonds. The quantitative estimate of drug-likeness (QED) is 0.582. The molecule has 0 saturated carbocycles. The summed E-state index contributed by atoms with van der Waals surface area (Å²) >= 11 is 2.03. The number of hydrogen-bond acceptors (Lipinski definition) is 5. The third-order valence-corrected chi connectivity index (χ3v) is 3.90. The average molecular weight is 413 g/mol. The number of phenolic OH excluding ortho intramolecular Hbond substituents is 1. The predicted octanol–water partition coefficient (Wildman–Crippen LogP) is 2.83. The molecule has 0 bridgehead atoms. The molecule has 1 unspecified atom stereocenters. The van der Waals surface area contributed by atoms with E-state index < -0.39 is 12.0 Å². The van der Waals surface area contributed by atoms with Gasteiger partial charge in [-0.25, -0.2) is 0 Å². The van der Waals surface area contributed by atoms with Gasteiger partial charge >= 0.3 is 5.97 Å². The highest BCUT2D eigenvalue weighted by molar-refractivity contribution is 14.1. The maximum atomic E-state index is 11.3. The van der Waals surface area contributed by atoms with Crippen molar-refractivity contribution in [1.82, 2.24) is 0 Å². The Balaban J connectivity index is 2.02. The number of carbonyl (C=O) groups excluding carboxylic acids is 1. The Morgan fingerprint density at radius 1 is 1.23 bits per heavy atom. The number of esters is 1. The van der Waals surface area contributed by atoms with Gasteiger partial charge in [0.1, 0.15) is 23.3 Å². The molecule has 5 nitrogen and oxygen atoms in total. The van der Waals surface area contributed by atoms with E-state index in [1.54, 1.807) is 30.3 Å². The summed E-state index contributed by atoms with van der Waals surface area (Å²) in [6, 6.07) is 11.7. The van der Waals surface area contributed by atoms with Crippen LogP contribution < -0.4 is 10.5 Å². The van der Waals surface area contributed by atoms with E-state index in [-0.39, 0.29) is 5.75 Å². The molecule has 0 saturated heterocycles. The molecular formula is C16H16INO4. The van der Waals surface area contributed by atoms with Crippen LogP contribution >= 0.6 is 22.6 Å². The molecule has 0 aliphatic rings. The van der Waals surface area contributed by atoms with Gasteiger partial charge < -0.3 is 20.3 Å². The van der Waals surface area contributed by atoms with Crippen LogP contribution in [0.3, 0.4) is 0 Å². The van der Waals surface area contributed by atoms with E-state index in [9.17, 15) is 9.90 Å². The minimum Gasteiger partial charge on any atom is -0.507 e. The topological polar surface area (TPSA) is 81.8 Å². The molecule has 2 aromatic rings. The molecule has 0 fully saturated rings. The first kappa shape index (κ1) is 16.6. The van der Waals surface area contributed by atoms with E-state index in [1.165, 1.54) is 7.11 Å². The van der Waals surface area contributed by atoms with Gasteiger partial charge in [-0.1, -0.05) is 12.1 Å². The second-order valence-corrected chi connectivity index (χ2v) is 5.86.